The van der Waals surface area contributed by atoms with Gasteiger partial charge in [-0.15, -0.1) is 0 Å². The van der Waals surface area contributed by atoms with Gasteiger partial charge in [-0.05, 0) is 26.9 Å². The summed E-state index contributed by atoms with van der Waals surface area (Å²) in [6.45, 7) is 4.55. The van der Waals surface area contributed by atoms with Gasteiger partial charge in [0.25, 0.3) is 5.91 Å². The minimum Gasteiger partial charge on any atom is -0.438 e. The highest BCUT2D eigenvalue weighted by Crippen LogP contribution is 2.25. The first kappa shape index (κ1) is 16.4. The lowest BCUT2D eigenvalue weighted by atomic mass is 10.0. The summed E-state index contributed by atoms with van der Waals surface area (Å²) in [4.78, 5) is 20.8. The molecule has 7 heteroatoms. The number of rotatable bonds is 5. The van der Waals surface area contributed by atoms with Crippen molar-refractivity contribution in [2.45, 2.75) is 24.9 Å². The number of carbonyl (C=O) groups excluding carboxylic acids is 1. The first-order chi connectivity index (χ1) is 11.1. The van der Waals surface area contributed by atoms with Crippen molar-refractivity contribution in [1.29, 1.82) is 0 Å². The second-order valence-corrected chi connectivity index (χ2v) is 6.77. The maximum atomic E-state index is 12.3. The summed E-state index contributed by atoms with van der Waals surface area (Å²) < 4.78 is 10.6. The van der Waals surface area contributed by atoms with Crippen LogP contribution in [0.4, 0.5) is 0 Å². The number of oxazole rings is 1. The van der Waals surface area contributed by atoms with Crippen LogP contribution in [0.1, 0.15) is 23.4 Å². The van der Waals surface area contributed by atoms with Gasteiger partial charge in [-0.3, -0.25) is 9.69 Å². The van der Waals surface area contributed by atoms with Gasteiger partial charge in [0.05, 0.1) is 6.20 Å². The maximum absolute atomic E-state index is 12.3. The summed E-state index contributed by atoms with van der Waals surface area (Å²) in [7, 11) is 4.15. The Morgan fingerprint density at radius 2 is 2.17 bits per heavy atom. The largest absolute Gasteiger partial charge is 0.438 e. The normalized spacial score (nSPS) is 26.7. The lowest BCUT2D eigenvalue weighted by molar-refractivity contribution is 0.0403. The van der Waals surface area contributed by atoms with Gasteiger partial charge in [-0.25, -0.2) is 4.98 Å². The molecule has 0 saturated carbocycles. The summed E-state index contributed by atoms with van der Waals surface area (Å²) in [6, 6.07) is 0.707. The van der Waals surface area contributed by atoms with E-state index in [1.165, 1.54) is 12.6 Å². The lowest BCUT2D eigenvalue weighted by Gasteiger charge is -2.31. The topological polar surface area (TPSA) is 70.8 Å². The Morgan fingerprint density at radius 3 is 2.83 bits per heavy atom. The van der Waals surface area contributed by atoms with Gasteiger partial charge in [0.15, 0.2) is 6.39 Å². The fraction of sp³-hybridized carbons (Fsp3) is 0.750. The standard InChI is InChI=1S/C16H26N4O3/c1-19(2)8-12-9-20(13-3-5-22-6-4-13)10-14(12)18-16(21)15-7-17-11-23-15/h7,11-14H,3-6,8-10H2,1-2H3,(H,18,21)/t12-,14-/m1/s1. The minimum absolute atomic E-state index is 0.137. The number of likely N-dealkylation sites (tertiary alicyclic amines) is 1. The van der Waals surface area contributed by atoms with Crippen molar-refractivity contribution in [3.05, 3.63) is 18.4 Å². The number of ether oxygens (including phenoxy) is 1. The van der Waals surface area contributed by atoms with Gasteiger partial charge >= 0.3 is 0 Å². The van der Waals surface area contributed by atoms with E-state index < -0.39 is 0 Å². The molecule has 1 aromatic rings. The van der Waals surface area contributed by atoms with Gasteiger partial charge in [0.1, 0.15) is 0 Å². The Hall–Kier alpha value is -1.44. The van der Waals surface area contributed by atoms with Crippen LogP contribution in [-0.2, 0) is 4.74 Å². The summed E-state index contributed by atoms with van der Waals surface area (Å²) in [5.41, 5.74) is 0. The molecular formula is C16H26N4O3. The van der Waals surface area contributed by atoms with Crippen LogP contribution >= 0.6 is 0 Å². The van der Waals surface area contributed by atoms with Crippen molar-refractivity contribution in [3.8, 4) is 0 Å². The molecule has 3 rings (SSSR count). The van der Waals surface area contributed by atoms with Crippen LogP contribution in [0.25, 0.3) is 0 Å². The van der Waals surface area contributed by atoms with E-state index in [2.05, 4.69) is 34.2 Å². The van der Waals surface area contributed by atoms with E-state index in [4.69, 9.17) is 9.15 Å². The molecule has 2 aliphatic heterocycles. The van der Waals surface area contributed by atoms with E-state index in [0.29, 0.717) is 12.0 Å². The lowest BCUT2D eigenvalue weighted by Crippen LogP contribution is -2.44. The molecule has 2 saturated heterocycles. The molecule has 2 aliphatic rings. The molecule has 0 aromatic carbocycles. The van der Waals surface area contributed by atoms with Crippen LogP contribution in [0.15, 0.2) is 17.0 Å². The zero-order valence-electron chi connectivity index (χ0n) is 13.9. The second kappa shape index (κ2) is 7.42. The van der Waals surface area contributed by atoms with E-state index in [1.54, 1.807) is 0 Å². The minimum atomic E-state index is -0.176. The first-order valence-electron chi connectivity index (χ1n) is 8.29. The summed E-state index contributed by atoms with van der Waals surface area (Å²) >= 11 is 0. The van der Waals surface area contributed by atoms with E-state index >= 15 is 0 Å². The van der Waals surface area contributed by atoms with Crippen molar-refractivity contribution >= 4 is 5.91 Å². The van der Waals surface area contributed by atoms with Gasteiger partial charge in [-0.2, -0.15) is 0 Å². The maximum Gasteiger partial charge on any atom is 0.288 e. The number of amides is 1. The molecule has 0 bridgehead atoms. The average Bonchev–Trinajstić information content (AvgIpc) is 3.18. The third-order valence-corrected chi connectivity index (χ3v) is 4.75. The fourth-order valence-corrected chi connectivity index (χ4v) is 3.64. The summed E-state index contributed by atoms with van der Waals surface area (Å²) in [5, 5.41) is 3.13. The van der Waals surface area contributed by atoms with Crippen LogP contribution < -0.4 is 5.32 Å². The Morgan fingerprint density at radius 1 is 1.39 bits per heavy atom. The predicted octanol–water partition coefficient (Wildman–Crippen LogP) is 0.445. The summed E-state index contributed by atoms with van der Waals surface area (Å²) in [5.74, 6) is 0.517. The van der Waals surface area contributed by atoms with Crippen molar-refractivity contribution in [3.63, 3.8) is 0 Å². The first-order valence-corrected chi connectivity index (χ1v) is 8.29. The molecule has 0 spiro atoms. The zero-order valence-corrected chi connectivity index (χ0v) is 13.9. The molecule has 3 heterocycles. The number of carbonyl (C=O) groups is 1. The number of hydrogen-bond acceptors (Lipinski definition) is 6. The molecule has 23 heavy (non-hydrogen) atoms. The van der Waals surface area contributed by atoms with Crippen LogP contribution in [0, 0.1) is 5.92 Å². The quantitative estimate of drug-likeness (QED) is 0.848. The van der Waals surface area contributed by atoms with Crippen LogP contribution in [0.2, 0.25) is 0 Å². The van der Waals surface area contributed by atoms with E-state index in [9.17, 15) is 4.79 Å². The van der Waals surface area contributed by atoms with Crippen molar-refractivity contribution in [1.82, 2.24) is 20.1 Å². The molecule has 0 radical (unpaired) electrons. The fourth-order valence-electron chi connectivity index (χ4n) is 3.64. The Kier molecular flexibility index (Phi) is 5.30. The van der Waals surface area contributed by atoms with Gasteiger partial charge in [0.2, 0.25) is 5.76 Å². The van der Waals surface area contributed by atoms with Crippen molar-refractivity contribution in [2.24, 2.45) is 5.92 Å². The van der Waals surface area contributed by atoms with E-state index in [-0.39, 0.29) is 17.7 Å². The Labute approximate surface area is 137 Å². The van der Waals surface area contributed by atoms with Crippen molar-refractivity contribution < 1.29 is 13.9 Å². The number of nitrogens with one attached hydrogen (secondary N) is 1. The molecule has 2 fully saturated rings. The number of aromatic nitrogens is 1. The highest BCUT2D eigenvalue weighted by Gasteiger charge is 2.37. The molecule has 1 amide bonds. The zero-order chi connectivity index (χ0) is 16.2. The highest BCUT2D eigenvalue weighted by atomic mass is 16.5. The molecule has 1 aromatic heterocycles. The third-order valence-electron chi connectivity index (χ3n) is 4.75. The third kappa shape index (κ3) is 4.10. The van der Waals surface area contributed by atoms with Crippen molar-refractivity contribution in [2.75, 3.05) is 46.9 Å². The average molecular weight is 322 g/mol. The van der Waals surface area contributed by atoms with E-state index in [0.717, 1.165) is 45.7 Å². The molecular weight excluding hydrogens is 296 g/mol. The molecule has 2 atom stereocenters. The van der Waals surface area contributed by atoms with Gasteiger partial charge < -0.3 is 19.4 Å². The number of nitrogens with zero attached hydrogens (tertiary/aromatic N) is 3. The SMILES string of the molecule is CN(C)C[C@@H]1CN(C2CCOCC2)C[C@H]1NC(=O)c1cnco1. The smallest absolute Gasteiger partial charge is 0.288 e. The Balaban J connectivity index is 1.64. The molecule has 128 valence electrons. The van der Waals surface area contributed by atoms with Crippen LogP contribution in [0.5, 0.6) is 0 Å². The second-order valence-electron chi connectivity index (χ2n) is 6.77. The summed E-state index contributed by atoms with van der Waals surface area (Å²) in [6.07, 6.45) is 4.91. The Bertz CT molecular complexity index is 499. The predicted molar refractivity (Wildman–Crippen MR) is 85.2 cm³/mol. The van der Waals surface area contributed by atoms with Gasteiger partial charge in [-0.1, -0.05) is 0 Å². The molecule has 1 N–H and O–H groups in total. The van der Waals surface area contributed by atoms with Gasteiger partial charge in [0, 0.05) is 50.8 Å². The van der Waals surface area contributed by atoms with Crippen LogP contribution in [0.3, 0.4) is 0 Å². The monoisotopic (exact) mass is 322 g/mol. The van der Waals surface area contributed by atoms with Crippen LogP contribution in [-0.4, -0.2) is 79.7 Å². The highest BCUT2D eigenvalue weighted by molar-refractivity contribution is 5.91. The number of hydrogen-bond donors (Lipinski definition) is 1. The molecule has 0 aliphatic carbocycles. The molecule has 7 nitrogen and oxygen atoms in total. The molecule has 0 unspecified atom stereocenters. The van der Waals surface area contributed by atoms with E-state index in [1.807, 2.05) is 0 Å².